The van der Waals surface area contributed by atoms with Crippen molar-refractivity contribution in [1.82, 2.24) is 9.47 Å². The highest BCUT2D eigenvalue weighted by molar-refractivity contribution is 5.94. The molecule has 2 N–H and O–H groups in total. The first-order valence-corrected chi connectivity index (χ1v) is 12.6. The fraction of sp³-hybridized carbons (Fsp3) is 0.333. The van der Waals surface area contributed by atoms with Gasteiger partial charge in [0, 0.05) is 47.5 Å². The molecule has 1 amide bonds. The van der Waals surface area contributed by atoms with Crippen molar-refractivity contribution < 1.29 is 14.7 Å². The Morgan fingerprint density at radius 1 is 1.08 bits per heavy atom. The second-order valence-electron chi connectivity index (χ2n) is 9.82. The van der Waals surface area contributed by atoms with Crippen LogP contribution in [-0.2, 0) is 16.6 Å². The van der Waals surface area contributed by atoms with Gasteiger partial charge in [0.15, 0.2) is 0 Å². The molecule has 0 bridgehead atoms. The van der Waals surface area contributed by atoms with Crippen LogP contribution in [0.15, 0.2) is 78.6 Å². The summed E-state index contributed by atoms with van der Waals surface area (Å²) in [6.07, 6.45) is 6.35. The van der Waals surface area contributed by atoms with Crippen molar-refractivity contribution in [3.05, 3.63) is 78.6 Å². The minimum absolute atomic E-state index is 0.0226. The van der Waals surface area contributed by atoms with E-state index in [4.69, 9.17) is 0 Å². The Morgan fingerprint density at radius 2 is 1.75 bits per heavy atom. The molecule has 1 aromatic heterocycles. The summed E-state index contributed by atoms with van der Waals surface area (Å²) < 4.78 is 2.16. The SMILES string of the molecule is C=C(/C(=C\Nc1ccc(-c2cc3ccccc3n2C)cc1)C(=O)O)N(C(=O)C1CCCCC1)C(C)C. The first-order valence-electron chi connectivity index (χ1n) is 12.6. The molecule has 6 nitrogen and oxygen atoms in total. The smallest absolute Gasteiger partial charge is 0.339 e. The first-order chi connectivity index (χ1) is 17.3. The van der Waals surface area contributed by atoms with E-state index in [0.29, 0.717) is 0 Å². The number of nitrogens with zero attached hydrogens (tertiary/aromatic N) is 2. The number of benzene rings is 2. The van der Waals surface area contributed by atoms with E-state index >= 15 is 0 Å². The lowest BCUT2D eigenvalue weighted by Gasteiger charge is -2.33. The predicted octanol–water partition coefficient (Wildman–Crippen LogP) is 6.56. The topological polar surface area (TPSA) is 74.6 Å². The molecule has 0 radical (unpaired) electrons. The third kappa shape index (κ3) is 5.23. The standard InChI is InChI=1S/C30H35N3O3/c1-20(2)33(29(34)23-10-6-5-7-11-23)21(3)26(30(35)36)19-31-25-16-14-22(15-17-25)28-18-24-12-8-9-13-27(24)32(28)4/h8-9,12-20,23,31H,3,5-7,10-11H2,1-2,4H3,(H,35,36)/b26-19+. The maximum Gasteiger partial charge on any atom is 0.339 e. The largest absolute Gasteiger partial charge is 0.478 e. The number of carbonyl (C=O) groups excluding carboxylic acids is 1. The molecule has 0 aliphatic heterocycles. The van der Waals surface area contributed by atoms with Crippen molar-refractivity contribution in [3.8, 4) is 11.3 Å². The molecule has 0 unspecified atom stereocenters. The van der Waals surface area contributed by atoms with Gasteiger partial charge in [-0.3, -0.25) is 4.79 Å². The molecule has 4 rings (SSSR count). The highest BCUT2D eigenvalue weighted by Gasteiger charge is 2.31. The van der Waals surface area contributed by atoms with Gasteiger partial charge >= 0.3 is 5.97 Å². The van der Waals surface area contributed by atoms with Gasteiger partial charge < -0.3 is 19.9 Å². The average Bonchev–Trinajstić information content (AvgIpc) is 3.21. The molecule has 6 heteroatoms. The molecule has 36 heavy (non-hydrogen) atoms. The van der Waals surface area contributed by atoms with Crippen molar-refractivity contribution >= 4 is 28.5 Å². The number of hydrogen-bond donors (Lipinski definition) is 2. The summed E-state index contributed by atoms with van der Waals surface area (Å²) in [5, 5.41) is 14.2. The monoisotopic (exact) mass is 485 g/mol. The normalized spacial score (nSPS) is 14.7. The molecular weight excluding hydrogens is 450 g/mol. The van der Waals surface area contributed by atoms with Crippen LogP contribution in [0.5, 0.6) is 0 Å². The number of rotatable bonds is 8. The van der Waals surface area contributed by atoms with Crippen molar-refractivity contribution in [2.45, 2.75) is 52.0 Å². The molecule has 188 valence electrons. The molecule has 1 aliphatic carbocycles. The van der Waals surface area contributed by atoms with Crippen LogP contribution in [0.1, 0.15) is 46.0 Å². The fourth-order valence-corrected chi connectivity index (χ4v) is 5.10. The number of aryl methyl sites for hydroxylation is 1. The van der Waals surface area contributed by atoms with Crippen LogP contribution in [-0.4, -0.2) is 32.5 Å². The maximum absolute atomic E-state index is 13.3. The summed E-state index contributed by atoms with van der Waals surface area (Å²) in [5.74, 6) is -1.22. The van der Waals surface area contributed by atoms with Crippen LogP contribution < -0.4 is 5.32 Å². The summed E-state index contributed by atoms with van der Waals surface area (Å²) in [6.45, 7) is 7.81. The van der Waals surface area contributed by atoms with E-state index in [9.17, 15) is 14.7 Å². The number of para-hydroxylation sites is 1. The van der Waals surface area contributed by atoms with E-state index in [1.807, 2.05) is 57.3 Å². The van der Waals surface area contributed by atoms with Crippen LogP contribution in [0.25, 0.3) is 22.2 Å². The molecule has 1 aliphatic rings. The second-order valence-corrected chi connectivity index (χ2v) is 9.82. The third-order valence-electron chi connectivity index (χ3n) is 7.06. The second kappa shape index (κ2) is 10.9. The minimum atomic E-state index is -1.12. The number of carboxylic acids is 1. The summed E-state index contributed by atoms with van der Waals surface area (Å²) in [6, 6.07) is 18.1. The number of carboxylic acid groups (broad SMARTS) is 1. The zero-order chi connectivity index (χ0) is 25.8. The summed E-state index contributed by atoms with van der Waals surface area (Å²) in [7, 11) is 2.05. The molecule has 1 heterocycles. The van der Waals surface area contributed by atoms with Gasteiger partial charge in [-0.1, -0.05) is 56.2 Å². The van der Waals surface area contributed by atoms with Gasteiger partial charge in [0.05, 0.1) is 11.3 Å². The van der Waals surface area contributed by atoms with E-state index in [1.54, 1.807) is 4.90 Å². The zero-order valence-corrected chi connectivity index (χ0v) is 21.3. The Hall–Kier alpha value is -3.80. The summed E-state index contributed by atoms with van der Waals surface area (Å²) in [5.41, 5.74) is 4.28. The molecule has 2 aromatic carbocycles. The first kappa shape index (κ1) is 25.3. The lowest BCUT2D eigenvalue weighted by atomic mass is 9.87. The molecule has 0 saturated heterocycles. The fourth-order valence-electron chi connectivity index (χ4n) is 5.10. The highest BCUT2D eigenvalue weighted by Crippen LogP contribution is 2.30. The molecule has 0 atom stereocenters. The quantitative estimate of drug-likeness (QED) is 0.280. The van der Waals surface area contributed by atoms with Crippen molar-refractivity contribution in [2.75, 3.05) is 5.32 Å². The summed E-state index contributed by atoms with van der Waals surface area (Å²) >= 11 is 0. The van der Waals surface area contributed by atoms with Crippen molar-refractivity contribution in [3.63, 3.8) is 0 Å². The Bertz CT molecular complexity index is 1290. The van der Waals surface area contributed by atoms with Gasteiger partial charge in [0.1, 0.15) is 0 Å². The lowest BCUT2D eigenvalue weighted by molar-refractivity contribution is -0.136. The van der Waals surface area contributed by atoms with Crippen LogP contribution in [0.3, 0.4) is 0 Å². The molecule has 1 saturated carbocycles. The van der Waals surface area contributed by atoms with Gasteiger partial charge in [0.25, 0.3) is 0 Å². The highest BCUT2D eigenvalue weighted by atomic mass is 16.4. The Kier molecular flexibility index (Phi) is 7.63. The van der Waals surface area contributed by atoms with Gasteiger partial charge in [-0.15, -0.1) is 0 Å². The number of nitrogens with one attached hydrogen (secondary N) is 1. The average molecular weight is 486 g/mol. The van der Waals surface area contributed by atoms with E-state index in [-0.39, 0.29) is 29.1 Å². The number of hydrogen-bond acceptors (Lipinski definition) is 3. The number of fused-ring (bicyclic) bond motifs is 1. The van der Waals surface area contributed by atoms with E-state index < -0.39 is 5.97 Å². The van der Waals surface area contributed by atoms with Crippen LogP contribution in [0.2, 0.25) is 0 Å². The molecule has 3 aromatic rings. The van der Waals surface area contributed by atoms with E-state index in [0.717, 1.165) is 49.0 Å². The number of aliphatic carboxylic acids is 1. The van der Waals surface area contributed by atoms with Gasteiger partial charge in [-0.05, 0) is 56.5 Å². The summed E-state index contributed by atoms with van der Waals surface area (Å²) in [4.78, 5) is 27.0. The van der Waals surface area contributed by atoms with Crippen molar-refractivity contribution in [1.29, 1.82) is 0 Å². The molecule has 1 fully saturated rings. The van der Waals surface area contributed by atoms with Crippen molar-refractivity contribution in [2.24, 2.45) is 13.0 Å². The van der Waals surface area contributed by atoms with E-state index in [1.165, 1.54) is 17.1 Å². The number of amides is 1. The van der Waals surface area contributed by atoms with Crippen LogP contribution in [0.4, 0.5) is 5.69 Å². The molecule has 0 spiro atoms. The van der Waals surface area contributed by atoms with Gasteiger partial charge in [-0.25, -0.2) is 4.79 Å². The van der Waals surface area contributed by atoms with E-state index in [2.05, 4.69) is 34.7 Å². The molecular formula is C30H35N3O3. The van der Waals surface area contributed by atoms with Crippen LogP contribution in [0, 0.1) is 5.92 Å². The zero-order valence-electron chi connectivity index (χ0n) is 21.3. The van der Waals surface area contributed by atoms with Crippen LogP contribution >= 0.6 is 0 Å². The Morgan fingerprint density at radius 3 is 2.36 bits per heavy atom. The lowest BCUT2D eigenvalue weighted by Crippen LogP contribution is -2.41. The van der Waals surface area contributed by atoms with Gasteiger partial charge in [0.2, 0.25) is 5.91 Å². The number of aromatic nitrogens is 1. The number of anilines is 1. The predicted molar refractivity (Wildman–Crippen MR) is 145 cm³/mol. The number of carbonyl (C=O) groups is 2. The third-order valence-corrected chi connectivity index (χ3v) is 7.06. The maximum atomic E-state index is 13.3. The van der Waals surface area contributed by atoms with Gasteiger partial charge in [-0.2, -0.15) is 0 Å². The Labute approximate surface area is 212 Å². The Balaban J connectivity index is 1.53. The minimum Gasteiger partial charge on any atom is -0.478 e.